The maximum Gasteiger partial charge on any atom is 0.243 e. The molecule has 2 saturated carbocycles. The van der Waals surface area contributed by atoms with Crippen LogP contribution in [0.15, 0.2) is 29.8 Å². The number of rotatable bonds is 4. The predicted molar refractivity (Wildman–Crippen MR) is 98.4 cm³/mol. The van der Waals surface area contributed by atoms with Gasteiger partial charge < -0.3 is 5.32 Å². The third kappa shape index (κ3) is 5.73. The summed E-state index contributed by atoms with van der Waals surface area (Å²) in [5, 5.41) is 4.19. The van der Waals surface area contributed by atoms with Gasteiger partial charge in [0, 0.05) is 18.7 Å². The van der Waals surface area contributed by atoms with Crippen molar-refractivity contribution >= 4 is 22.7 Å². The zero-order valence-corrected chi connectivity index (χ0v) is 15.2. The molecule has 0 aliphatic heterocycles. The van der Waals surface area contributed by atoms with Crippen molar-refractivity contribution in [3.63, 3.8) is 0 Å². The van der Waals surface area contributed by atoms with Gasteiger partial charge in [0.2, 0.25) is 5.91 Å². The Hall–Kier alpha value is -0.870. The number of amides is 1. The summed E-state index contributed by atoms with van der Waals surface area (Å²) in [7, 11) is 2.11. The Morgan fingerprint density at radius 2 is 2.18 bits per heavy atom. The van der Waals surface area contributed by atoms with Crippen molar-refractivity contribution in [3.05, 3.63) is 24.8 Å². The van der Waals surface area contributed by atoms with Gasteiger partial charge in [-0.1, -0.05) is 19.1 Å². The third-order valence-electron chi connectivity index (χ3n) is 4.48. The van der Waals surface area contributed by atoms with Crippen LogP contribution in [0.1, 0.15) is 40.0 Å². The third-order valence-corrected chi connectivity index (χ3v) is 5.41. The Kier molecular flexibility index (Phi) is 8.72. The maximum atomic E-state index is 10.6. The molecule has 22 heavy (non-hydrogen) atoms. The number of carbonyl (C=O) groups is 1. The summed E-state index contributed by atoms with van der Waals surface area (Å²) in [5.41, 5.74) is 0. The fourth-order valence-corrected chi connectivity index (χ4v) is 4.18. The van der Waals surface area contributed by atoms with E-state index in [1.54, 1.807) is 6.08 Å². The zero-order chi connectivity index (χ0) is 16.5. The van der Waals surface area contributed by atoms with E-state index in [0.717, 1.165) is 34.6 Å². The zero-order valence-electron chi connectivity index (χ0n) is 14.3. The van der Waals surface area contributed by atoms with E-state index >= 15 is 0 Å². The number of hydrogen-bond donors (Lipinski definition) is 1. The van der Waals surface area contributed by atoms with Crippen molar-refractivity contribution in [2.24, 2.45) is 22.7 Å². The summed E-state index contributed by atoms with van der Waals surface area (Å²) in [6, 6.07) is 0.846. The molecule has 0 aromatic carbocycles. The van der Waals surface area contributed by atoms with Crippen molar-refractivity contribution in [3.8, 4) is 0 Å². The average Bonchev–Trinajstić information content (AvgIpc) is 2.67. The Bertz CT molecular complexity index is 431. The van der Waals surface area contributed by atoms with Crippen LogP contribution in [0.25, 0.3) is 0 Å². The van der Waals surface area contributed by atoms with Crippen molar-refractivity contribution in [2.45, 2.75) is 46.1 Å². The topological polar surface area (TPSA) is 41.5 Å². The number of nitrogens with zero attached hydrogens (tertiary/aromatic N) is 1. The minimum atomic E-state index is -0.167. The first-order chi connectivity index (χ1) is 10.5. The van der Waals surface area contributed by atoms with Gasteiger partial charge in [0.25, 0.3) is 0 Å². The molecule has 4 heteroatoms. The number of thioether (sulfide) groups is 1. The molecule has 2 aliphatic rings. The average molecular weight is 323 g/mol. The number of aliphatic imine (C=N–C) groups is 1. The van der Waals surface area contributed by atoms with Crippen LogP contribution < -0.4 is 5.32 Å². The van der Waals surface area contributed by atoms with Crippen molar-refractivity contribution < 1.29 is 4.79 Å². The second kappa shape index (κ2) is 10.0. The van der Waals surface area contributed by atoms with Crippen LogP contribution in [0.4, 0.5) is 0 Å². The molecule has 1 N–H and O–H groups in total. The molecule has 4 atom stereocenters. The highest BCUT2D eigenvalue weighted by molar-refractivity contribution is 8.14. The van der Waals surface area contributed by atoms with Crippen LogP contribution in [0.2, 0.25) is 0 Å². The lowest BCUT2D eigenvalue weighted by molar-refractivity contribution is -0.115. The highest BCUT2D eigenvalue weighted by atomic mass is 32.2. The maximum absolute atomic E-state index is 10.6. The molecule has 0 heterocycles. The smallest absolute Gasteiger partial charge is 0.243 e. The van der Waals surface area contributed by atoms with E-state index in [9.17, 15) is 4.79 Å². The van der Waals surface area contributed by atoms with Crippen LogP contribution in [0.3, 0.4) is 0 Å². The normalized spacial score (nSPS) is 30.3. The molecule has 0 bridgehead atoms. The fraction of sp³-hybridized carbons (Fsp3) is 0.667. The van der Waals surface area contributed by atoms with Crippen LogP contribution >= 0.6 is 11.8 Å². The lowest BCUT2D eigenvalue weighted by Crippen LogP contribution is -2.38. The van der Waals surface area contributed by atoms with Gasteiger partial charge in [-0.05, 0) is 57.1 Å². The van der Waals surface area contributed by atoms with Gasteiger partial charge in [-0.25, -0.2) is 4.99 Å². The number of hydrogen-bond acceptors (Lipinski definition) is 3. The van der Waals surface area contributed by atoms with Crippen LogP contribution in [0, 0.1) is 17.8 Å². The van der Waals surface area contributed by atoms with E-state index in [1.807, 2.05) is 19.1 Å². The lowest BCUT2D eigenvalue weighted by atomic mass is 9.75. The van der Waals surface area contributed by atoms with E-state index in [0.29, 0.717) is 0 Å². The second-order valence-electron chi connectivity index (χ2n) is 6.10. The van der Waals surface area contributed by atoms with Gasteiger partial charge >= 0.3 is 0 Å². The monoisotopic (exact) mass is 322 g/mol. The summed E-state index contributed by atoms with van der Waals surface area (Å²) >= 11 is 1.50. The number of carbonyl (C=O) groups excluding carboxylic acids is 1. The standard InChI is InChI=1S/C9H13NOS.C9H17N/c1-4-6-9(10-8(3)11)12-7-5-2;1-6-5-7-3-4-8(7)9(6)10-2/h4-6H,2,7H2,1,3H3;6-10H,3-5H2,1-2H3/b6-4-,10-9?;. The molecule has 4 unspecified atom stereocenters. The predicted octanol–water partition coefficient (Wildman–Crippen LogP) is 4.07. The minimum absolute atomic E-state index is 0.167. The van der Waals surface area contributed by atoms with E-state index in [2.05, 4.69) is 30.9 Å². The van der Waals surface area contributed by atoms with Gasteiger partial charge in [0.15, 0.2) is 0 Å². The molecule has 124 valence electrons. The SMILES string of the molecule is C=CCSC(/C=C\C)=NC(C)=O.CNC1C(C)CC2CCC21. The van der Waals surface area contributed by atoms with Gasteiger partial charge in [-0.3, -0.25) is 4.79 Å². The summed E-state index contributed by atoms with van der Waals surface area (Å²) in [4.78, 5) is 14.4. The summed E-state index contributed by atoms with van der Waals surface area (Å²) < 4.78 is 0. The molecule has 2 rings (SSSR count). The molecule has 0 aromatic rings. The van der Waals surface area contributed by atoms with Gasteiger partial charge in [-0.15, -0.1) is 18.3 Å². The van der Waals surface area contributed by atoms with Crippen LogP contribution in [-0.4, -0.2) is 29.8 Å². The molecule has 0 aromatic heterocycles. The molecule has 0 saturated heterocycles. The van der Waals surface area contributed by atoms with E-state index in [1.165, 1.54) is 37.9 Å². The first kappa shape index (κ1) is 19.2. The van der Waals surface area contributed by atoms with Gasteiger partial charge in [0.1, 0.15) is 0 Å². The molecule has 0 spiro atoms. The molecular weight excluding hydrogens is 292 g/mol. The largest absolute Gasteiger partial charge is 0.316 e. The molecule has 3 nitrogen and oxygen atoms in total. The molecule has 2 fully saturated rings. The molecule has 0 radical (unpaired) electrons. The van der Waals surface area contributed by atoms with Crippen molar-refractivity contribution in [2.75, 3.05) is 12.8 Å². The van der Waals surface area contributed by atoms with Crippen molar-refractivity contribution in [1.29, 1.82) is 0 Å². The van der Waals surface area contributed by atoms with E-state index < -0.39 is 0 Å². The van der Waals surface area contributed by atoms with Gasteiger partial charge in [-0.2, -0.15) is 0 Å². The first-order valence-corrected chi connectivity index (χ1v) is 9.14. The van der Waals surface area contributed by atoms with E-state index in [4.69, 9.17) is 0 Å². The van der Waals surface area contributed by atoms with Crippen LogP contribution in [0.5, 0.6) is 0 Å². The summed E-state index contributed by atoms with van der Waals surface area (Å²) in [5.74, 6) is 3.67. The lowest BCUT2D eigenvalue weighted by Gasteiger charge is -2.34. The van der Waals surface area contributed by atoms with Crippen LogP contribution in [-0.2, 0) is 4.79 Å². The number of nitrogens with one attached hydrogen (secondary N) is 1. The first-order valence-electron chi connectivity index (χ1n) is 8.16. The summed E-state index contributed by atoms with van der Waals surface area (Å²) in [6.45, 7) is 9.31. The second-order valence-corrected chi connectivity index (χ2v) is 7.14. The molecule has 1 amide bonds. The summed E-state index contributed by atoms with van der Waals surface area (Å²) in [6.07, 6.45) is 9.93. The Morgan fingerprint density at radius 3 is 2.55 bits per heavy atom. The fourth-order valence-electron chi connectivity index (χ4n) is 3.46. The number of allylic oxidation sites excluding steroid dienone is 1. The number of fused-ring (bicyclic) bond motifs is 1. The molecular formula is C18H30N2OS. The van der Waals surface area contributed by atoms with Crippen molar-refractivity contribution in [1.82, 2.24) is 5.32 Å². The van der Waals surface area contributed by atoms with E-state index in [-0.39, 0.29) is 5.91 Å². The Balaban J connectivity index is 0.000000222. The van der Waals surface area contributed by atoms with Gasteiger partial charge in [0.05, 0.1) is 5.04 Å². The minimum Gasteiger partial charge on any atom is -0.316 e. The quantitative estimate of drug-likeness (QED) is 0.482. The Morgan fingerprint density at radius 1 is 1.45 bits per heavy atom. The molecule has 2 aliphatic carbocycles. The Labute approximate surface area is 139 Å². The highest BCUT2D eigenvalue weighted by Gasteiger charge is 2.45. The highest BCUT2D eigenvalue weighted by Crippen LogP contribution is 2.49.